The molecule has 0 saturated carbocycles. The zero-order chi connectivity index (χ0) is 23.8. The molecule has 1 aliphatic heterocycles. The fraction of sp³-hybridized carbons (Fsp3) is 0.308. The van der Waals surface area contributed by atoms with Crippen molar-refractivity contribution in [3.05, 3.63) is 88.1 Å². The van der Waals surface area contributed by atoms with Gasteiger partial charge in [0.2, 0.25) is 0 Å². The van der Waals surface area contributed by atoms with E-state index >= 15 is 0 Å². The number of hydrogen-bond acceptors (Lipinski definition) is 5. The molecule has 3 aromatic rings. The number of thiophene rings is 1. The third kappa shape index (κ3) is 6.90. The number of carbonyl (C=O) groups excluding carboxylic acids is 2. The summed E-state index contributed by atoms with van der Waals surface area (Å²) in [6, 6.07) is 21.3. The molecule has 1 atom stereocenters. The topological polar surface area (TPSA) is 76.7 Å². The van der Waals surface area contributed by atoms with Gasteiger partial charge < -0.3 is 20.9 Å². The quantitative estimate of drug-likeness (QED) is 0.463. The van der Waals surface area contributed by atoms with Crippen molar-refractivity contribution in [3.8, 4) is 0 Å². The Labute approximate surface area is 204 Å². The van der Waals surface area contributed by atoms with Gasteiger partial charge in [-0.3, -0.25) is 9.69 Å². The molecule has 4 rings (SSSR count). The minimum atomic E-state index is -0.274. The second-order valence-corrected chi connectivity index (χ2v) is 9.58. The summed E-state index contributed by atoms with van der Waals surface area (Å²) in [6.45, 7) is 4.77. The molecular weight excluding hydrogens is 446 g/mol. The zero-order valence-electron chi connectivity index (χ0n) is 19.4. The van der Waals surface area contributed by atoms with Crippen LogP contribution in [0.2, 0.25) is 0 Å². The molecule has 2 aromatic carbocycles. The van der Waals surface area contributed by atoms with Gasteiger partial charge in [0.1, 0.15) is 0 Å². The Kier molecular flexibility index (Phi) is 8.30. The highest BCUT2D eigenvalue weighted by Crippen LogP contribution is 2.14. The van der Waals surface area contributed by atoms with E-state index in [1.54, 1.807) is 35.6 Å². The van der Waals surface area contributed by atoms with Crippen LogP contribution in [0.3, 0.4) is 0 Å². The SMILES string of the molecule is CN1CCN(Cc2ccccc2)C(CNC(=O)Nc2cccc(C(=O)NCc3cccs3)c2)C1. The number of hydrogen-bond donors (Lipinski definition) is 3. The van der Waals surface area contributed by atoms with E-state index in [4.69, 9.17) is 0 Å². The van der Waals surface area contributed by atoms with Gasteiger partial charge in [0.05, 0.1) is 6.54 Å². The molecule has 2 heterocycles. The van der Waals surface area contributed by atoms with Crippen molar-refractivity contribution in [2.24, 2.45) is 0 Å². The molecule has 8 heteroatoms. The number of urea groups is 1. The average molecular weight is 478 g/mol. The van der Waals surface area contributed by atoms with Gasteiger partial charge in [-0.2, -0.15) is 0 Å². The highest BCUT2D eigenvalue weighted by molar-refractivity contribution is 7.09. The summed E-state index contributed by atoms with van der Waals surface area (Å²) in [5.41, 5.74) is 2.37. The summed E-state index contributed by atoms with van der Waals surface area (Å²) in [6.07, 6.45) is 0. The lowest BCUT2D eigenvalue weighted by molar-refractivity contribution is 0.0844. The van der Waals surface area contributed by atoms with Crippen LogP contribution in [0.4, 0.5) is 10.5 Å². The van der Waals surface area contributed by atoms with Crippen LogP contribution in [0.1, 0.15) is 20.8 Å². The van der Waals surface area contributed by atoms with E-state index in [0.717, 1.165) is 31.1 Å². The predicted octanol–water partition coefficient (Wildman–Crippen LogP) is 3.62. The number of nitrogens with zero attached hydrogens (tertiary/aromatic N) is 2. The molecule has 178 valence electrons. The van der Waals surface area contributed by atoms with Gasteiger partial charge in [-0.1, -0.05) is 42.5 Å². The smallest absolute Gasteiger partial charge is 0.319 e. The molecule has 1 saturated heterocycles. The molecular formula is C26H31N5O2S. The molecule has 0 radical (unpaired) electrons. The lowest BCUT2D eigenvalue weighted by atomic mass is 10.1. The van der Waals surface area contributed by atoms with Crippen molar-refractivity contribution in [3.63, 3.8) is 0 Å². The minimum Gasteiger partial charge on any atom is -0.347 e. The van der Waals surface area contributed by atoms with Crippen molar-refractivity contribution in [1.82, 2.24) is 20.4 Å². The van der Waals surface area contributed by atoms with Gasteiger partial charge in [-0.25, -0.2) is 4.79 Å². The average Bonchev–Trinajstić information content (AvgIpc) is 3.37. The van der Waals surface area contributed by atoms with Gasteiger partial charge in [0.15, 0.2) is 0 Å². The van der Waals surface area contributed by atoms with Crippen molar-refractivity contribution in [2.45, 2.75) is 19.1 Å². The van der Waals surface area contributed by atoms with E-state index in [-0.39, 0.29) is 18.0 Å². The van der Waals surface area contributed by atoms with Gasteiger partial charge in [-0.15, -0.1) is 11.3 Å². The Morgan fingerprint density at radius 3 is 2.65 bits per heavy atom. The first-order valence-electron chi connectivity index (χ1n) is 11.5. The Balaban J connectivity index is 1.29. The third-order valence-corrected chi connectivity index (χ3v) is 6.80. The second-order valence-electron chi connectivity index (χ2n) is 8.55. The predicted molar refractivity (Wildman–Crippen MR) is 137 cm³/mol. The standard InChI is InChI=1S/C26H31N5O2S/c1-30-12-13-31(18-20-7-3-2-4-8-20)23(19-30)16-28-26(33)29-22-10-5-9-21(15-22)25(32)27-17-24-11-6-14-34-24/h2-11,14-15,23H,12-13,16-19H2,1H3,(H,27,32)(H2,28,29,33). The van der Waals surface area contributed by atoms with Crippen molar-refractivity contribution in [2.75, 3.05) is 38.5 Å². The first kappa shape index (κ1) is 23.9. The van der Waals surface area contributed by atoms with E-state index in [0.29, 0.717) is 24.3 Å². The first-order chi connectivity index (χ1) is 16.6. The van der Waals surface area contributed by atoms with Gasteiger partial charge in [-0.05, 0) is 42.3 Å². The molecule has 0 aliphatic carbocycles. The number of nitrogens with one attached hydrogen (secondary N) is 3. The molecule has 1 fully saturated rings. The van der Waals surface area contributed by atoms with E-state index in [9.17, 15) is 9.59 Å². The highest BCUT2D eigenvalue weighted by atomic mass is 32.1. The number of rotatable bonds is 8. The summed E-state index contributed by atoms with van der Waals surface area (Å²) < 4.78 is 0. The van der Waals surface area contributed by atoms with Crippen LogP contribution in [-0.4, -0.2) is 61.0 Å². The number of likely N-dealkylation sites (N-methyl/N-ethyl adjacent to an activating group) is 1. The van der Waals surface area contributed by atoms with Crippen molar-refractivity contribution in [1.29, 1.82) is 0 Å². The Hall–Kier alpha value is -3.20. The molecule has 34 heavy (non-hydrogen) atoms. The van der Waals surface area contributed by atoms with Crippen LogP contribution in [0.25, 0.3) is 0 Å². The highest BCUT2D eigenvalue weighted by Gasteiger charge is 2.25. The van der Waals surface area contributed by atoms with Crippen LogP contribution < -0.4 is 16.0 Å². The van der Waals surface area contributed by atoms with Crippen LogP contribution in [0.5, 0.6) is 0 Å². The summed E-state index contributed by atoms with van der Waals surface area (Å²) >= 11 is 1.60. The van der Waals surface area contributed by atoms with Crippen LogP contribution in [-0.2, 0) is 13.1 Å². The molecule has 1 aliphatic rings. The summed E-state index contributed by atoms with van der Waals surface area (Å²) in [4.78, 5) is 30.9. The fourth-order valence-corrected chi connectivity index (χ4v) is 4.72. The fourth-order valence-electron chi connectivity index (χ4n) is 4.07. The van der Waals surface area contributed by atoms with E-state index in [1.807, 2.05) is 23.6 Å². The summed E-state index contributed by atoms with van der Waals surface area (Å²) in [5.74, 6) is -0.167. The van der Waals surface area contributed by atoms with Crippen molar-refractivity contribution >= 4 is 29.0 Å². The molecule has 3 amide bonds. The Morgan fingerprint density at radius 1 is 1.00 bits per heavy atom. The Bertz CT molecular complexity index is 1070. The van der Waals surface area contributed by atoms with Crippen molar-refractivity contribution < 1.29 is 9.59 Å². The van der Waals surface area contributed by atoms with Crippen LogP contribution in [0.15, 0.2) is 72.1 Å². The summed E-state index contributed by atoms with van der Waals surface area (Å²) in [7, 11) is 2.11. The molecule has 3 N–H and O–H groups in total. The lowest BCUT2D eigenvalue weighted by Crippen LogP contribution is -2.55. The molecule has 0 bridgehead atoms. The van der Waals surface area contributed by atoms with Gasteiger partial charge in [0.25, 0.3) is 5.91 Å². The lowest BCUT2D eigenvalue weighted by Gasteiger charge is -2.40. The number of amides is 3. The second kappa shape index (κ2) is 11.8. The Morgan fingerprint density at radius 2 is 1.85 bits per heavy atom. The van der Waals surface area contributed by atoms with Crippen LogP contribution in [0, 0.1) is 0 Å². The largest absolute Gasteiger partial charge is 0.347 e. The monoisotopic (exact) mass is 477 g/mol. The van der Waals surface area contributed by atoms with Crippen LogP contribution >= 0.6 is 11.3 Å². The maximum absolute atomic E-state index is 12.6. The van der Waals surface area contributed by atoms with Gasteiger partial charge >= 0.3 is 6.03 Å². The van der Waals surface area contributed by atoms with E-state index in [1.165, 1.54) is 5.56 Å². The molecule has 0 spiro atoms. The zero-order valence-corrected chi connectivity index (χ0v) is 20.2. The maximum Gasteiger partial charge on any atom is 0.319 e. The molecule has 1 aromatic heterocycles. The number of anilines is 1. The number of piperazine rings is 1. The van der Waals surface area contributed by atoms with Gasteiger partial charge in [0, 0.05) is 54.9 Å². The normalized spacial score (nSPS) is 16.7. The van der Waals surface area contributed by atoms with E-state index < -0.39 is 0 Å². The number of benzene rings is 2. The first-order valence-corrected chi connectivity index (χ1v) is 12.4. The number of carbonyl (C=O) groups is 2. The third-order valence-electron chi connectivity index (χ3n) is 5.92. The summed E-state index contributed by atoms with van der Waals surface area (Å²) in [5, 5.41) is 10.8. The molecule has 7 nitrogen and oxygen atoms in total. The minimum absolute atomic E-state index is 0.167. The van der Waals surface area contributed by atoms with E-state index in [2.05, 4.69) is 57.1 Å². The molecule has 1 unspecified atom stereocenters. The maximum atomic E-state index is 12.6.